The second kappa shape index (κ2) is 4.80. The number of thiazole rings is 1. The molecule has 2 aromatic rings. The summed E-state index contributed by atoms with van der Waals surface area (Å²) in [6, 6.07) is 0. The largest absolute Gasteiger partial charge is 0.479 e. The van der Waals surface area contributed by atoms with E-state index >= 15 is 0 Å². The van der Waals surface area contributed by atoms with E-state index in [1.54, 1.807) is 6.20 Å². The highest BCUT2D eigenvalue weighted by Crippen LogP contribution is 2.44. The molecule has 4 nitrogen and oxygen atoms in total. The van der Waals surface area contributed by atoms with Crippen molar-refractivity contribution >= 4 is 26.7 Å². The molecule has 0 saturated heterocycles. The van der Waals surface area contributed by atoms with Gasteiger partial charge in [-0.15, -0.1) is 0 Å². The van der Waals surface area contributed by atoms with Crippen LogP contribution in [0.2, 0.25) is 0 Å². The predicted octanol–water partition coefficient (Wildman–Crippen LogP) is 3.58. The van der Waals surface area contributed by atoms with E-state index in [4.69, 9.17) is 10.5 Å². The van der Waals surface area contributed by atoms with Crippen molar-refractivity contribution in [3.05, 3.63) is 11.8 Å². The summed E-state index contributed by atoms with van der Waals surface area (Å²) in [6.07, 6.45) is 2.51. The van der Waals surface area contributed by atoms with Crippen LogP contribution in [0.15, 0.2) is 6.20 Å². The zero-order chi connectivity index (χ0) is 14.3. The number of anilines is 1. The van der Waals surface area contributed by atoms with Crippen LogP contribution >= 0.6 is 11.3 Å². The first-order valence-electron chi connectivity index (χ1n) is 6.47. The van der Waals surface area contributed by atoms with E-state index in [9.17, 15) is 8.78 Å². The maximum atomic E-state index is 13.3. The van der Waals surface area contributed by atoms with E-state index in [2.05, 4.69) is 9.97 Å². The monoisotopic (exact) mass is 299 g/mol. The van der Waals surface area contributed by atoms with Gasteiger partial charge in [0.25, 0.3) is 0 Å². The summed E-state index contributed by atoms with van der Waals surface area (Å²) < 4.78 is 32.6. The molecular formula is C13H15F2N3OS. The number of hydrogen-bond acceptors (Lipinski definition) is 5. The van der Waals surface area contributed by atoms with E-state index in [0.29, 0.717) is 29.4 Å². The van der Waals surface area contributed by atoms with Gasteiger partial charge in [0.1, 0.15) is 5.52 Å². The summed E-state index contributed by atoms with van der Waals surface area (Å²) in [6.45, 7) is 0. The van der Waals surface area contributed by atoms with Crippen LogP contribution in [0, 0.1) is 0 Å². The first-order chi connectivity index (χ1) is 9.50. The minimum Gasteiger partial charge on any atom is -0.479 e. The first-order valence-corrected chi connectivity index (χ1v) is 7.28. The van der Waals surface area contributed by atoms with Gasteiger partial charge in [0.2, 0.25) is 11.8 Å². The number of aromatic nitrogens is 2. The van der Waals surface area contributed by atoms with Crippen molar-refractivity contribution in [3.8, 4) is 5.88 Å². The van der Waals surface area contributed by atoms with Crippen LogP contribution in [0.1, 0.15) is 37.2 Å². The van der Waals surface area contributed by atoms with Crippen LogP contribution in [-0.4, -0.2) is 23.0 Å². The van der Waals surface area contributed by atoms with Crippen molar-refractivity contribution in [1.29, 1.82) is 0 Å². The van der Waals surface area contributed by atoms with Crippen molar-refractivity contribution in [3.63, 3.8) is 0 Å². The second-order valence-corrected chi connectivity index (χ2v) is 6.11. The van der Waals surface area contributed by atoms with Crippen LogP contribution in [0.5, 0.6) is 5.88 Å². The van der Waals surface area contributed by atoms with Gasteiger partial charge < -0.3 is 10.5 Å². The quantitative estimate of drug-likeness (QED) is 0.920. The minimum absolute atomic E-state index is 0.0700. The molecule has 0 atom stereocenters. The Labute approximate surface area is 119 Å². The molecule has 2 heterocycles. The molecule has 1 fully saturated rings. The number of nitrogens with zero attached hydrogens (tertiary/aromatic N) is 2. The van der Waals surface area contributed by atoms with Crippen LogP contribution in [0.3, 0.4) is 0 Å². The highest BCUT2D eigenvalue weighted by Gasteiger charge is 2.36. The summed E-state index contributed by atoms with van der Waals surface area (Å²) in [5.74, 6) is -2.00. The van der Waals surface area contributed by atoms with Crippen molar-refractivity contribution in [2.24, 2.45) is 0 Å². The SMILES string of the molecule is COc1ncc(C2CCC(F)(F)CC2)c2sc(N)nc12. The van der Waals surface area contributed by atoms with Gasteiger partial charge in [0, 0.05) is 19.0 Å². The lowest BCUT2D eigenvalue weighted by Gasteiger charge is -2.28. The summed E-state index contributed by atoms with van der Waals surface area (Å²) >= 11 is 1.36. The number of pyridine rings is 1. The summed E-state index contributed by atoms with van der Waals surface area (Å²) in [4.78, 5) is 8.46. The molecule has 0 radical (unpaired) electrons. The van der Waals surface area contributed by atoms with Crippen LogP contribution in [0.4, 0.5) is 13.9 Å². The Morgan fingerprint density at radius 3 is 2.75 bits per heavy atom. The number of methoxy groups -OCH3 is 1. The van der Waals surface area contributed by atoms with Crippen molar-refractivity contribution in [2.75, 3.05) is 12.8 Å². The van der Waals surface area contributed by atoms with Crippen molar-refractivity contribution in [1.82, 2.24) is 9.97 Å². The Kier molecular flexibility index (Phi) is 3.24. The number of alkyl halides is 2. The lowest BCUT2D eigenvalue weighted by atomic mass is 9.83. The lowest BCUT2D eigenvalue weighted by molar-refractivity contribution is -0.0381. The average molecular weight is 299 g/mol. The summed E-state index contributed by atoms with van der Waals surface area (Å²) in [7, 11) is 1.53. The Hall–Kier alpha value is -1.50. The molecule has 1 aliphatic carbocycles. The lowest BCUT2D eigenvalue weighted by Crippen LogP contribution is -2.23. The molecular weight excluding hydrogens is 284 g/mol. The maximum absolute atomic E-state index is 13.3. The molecule has 3 rings (SSSR count). The molecule has 0 bridgehead atoms. The zero-order valence-corrected chi connectivity index (χ0v) is 11.8. The molecule has 0 unspecified atom stereocenters. The third-order valence-electron chi connectivity index (χ3n) is 3.78. The van der Waals surface area contributed by atoms with Gasteiger partial charge in [-0.05, 0) is 24.3 Å². The second-order valence-electron chi connectivity index (χ2n) is 5.08. The molecule has 0 aliphatic heterocycles. The Bertz CT molecular complexity index is 634. The molecule has 2 N–H and O–H groups in total. The minimum atomic E-state index is -2.53. The highest BCUT2D eigenvalue weighted by molar-refractivity contribution is 7.22. The molecule has 7 heteroatoms. The van der Waals surface area contributed by atoms with E-state index in [-0.39, 0.29) is 18.8 Å². The molecule has 1 saturated carbocycles. The molecule has 2 aromatic heterocycles. The molecule has 20 heavy (non-hydrogen) atoms. The fourth-order valence-electron chi connectivity index (χ4n) is 2.72. The fraction of sp³-hybridized carbons (Fsp3) is 0.538. The third kappa shape index (κ3) is 2.30. The number of halogens is 2. The Morgan fingerprint density at radius 1 is 1.40 bits per heavy atom. The number of nitrogens with two attached hydrogens (primary N) is 1. The number of nitrogen functional groups attached to an aromatic ring is 1. The summed E-state index contributed by atoms with van der Waals surface area (Å²) in [5.41, 5.74) is 7.35. The standard InChI is InChI=1S/C13H15F2N3OS/c1-19-11-9-10(20-12(16)18-9)8(6-17-11)7-2-4-13(14,15)5-3-7/h6-7H,2-5H2,1H3,(H2,16,18). The number of hydrogen-bond donors (Lipinski definition) is 1. The topological polar surface area (TPSA) is 61.0 Å². The molecule has 0 amide bonds. The van der Waals surface area contributed by atoms with Crippen LogP contribution in [0.25, 0.3) is 10.2 Å². The van der Waals surface area contributed by atoms with Gasteiger partial charge in [-0.25, -0.2) is 18.7 Å². The number of fused-ring (bicyclic) bond motifs is 1. The molecule has 0 spiro atoms. The fourth-order valence-corrected chi connectivity index (χ4v) is 3.63. The molecule has 0 aromatic carbocycles. The third-order valence-corrected chi connectivity index (χ3v) is 4.71. The highest BCUT2D eigenvalue weighted by atomic mass is 32.1. The van der Waals surface area contributed by atoms with Gasteiger partial charge in [-0.1, -0.05) is 11.3 Å². The van der Waals surface area contributed by atoms with Gasteiger partial charge in [-0.2, -0.15) is 0 Å². The Morgan fingerprint density at radius 2 is 2.10 bits per heavy atom. The Balaban J connectivity index is 2.00. The average Bonchev–Trinajstić information content (AvgIpc) is 2.79. The van der Waals surface area contributed by atoms with E-state index in [1.807, 2.05) is 0 Å². The van der Waals surface area contributed by atoms with E-state index in [1.165, 1.54) is 18.4 Å². The predicted molar refractivity (Wildman–Crippen MR) is 74.5 cm³/mol. The maximum Gasteiger partial charge on any atom is 0.248 e. The van der Waals surface area contributed by atoms with Crippen LogP contribution in [-0.2, 0) is 0 Å². The molecule has 1 aliphatic rings. The van der Waals surface area contributed by atoms with Crippen molar-refractivity contribution in [2.45, 2.75) is 37.5 Å². The zero-order valence-electron chi connectivity index (χ0n) is 11.0. The van der Waals surface area contributed by atoms with E-state index < -0.39 is 5.92 Å². The van der Waals surface area contributed by atoms with Gasteiger partial charge in [0.05, 0.1) is 11.8 Å². The first kappa shape index (κ1) is 13.5. The number of ether oxygens (including phenoxy) is 1. The van der Waals surface area contributed by atoms with E-state index in [0.717, 1.165) is 10.3 Å². The van der Waals surface area contributed by atoms with Gasteiger partial charge in [-0.3, -0.25) is 0 Å². The summed E-state index contributed by atoms with van der Waals surface area (Å²) in [5, 5.41) is 0.439. The number of rotatable bonds is 2. The molecule has 108 valence electrons. The smallest absolute Gasteiger partial charge is 0.248 e. The van der Waals surface area contributed by atoms with Gasteiger partial charge in [0.15, 0.2) is 5.13 Å². The van der Waals surface area contributed by atoms with Crippen molar-refractivity contribution < 1.29 is 13.5 Å². The van der Waals surface area contributed by atoms with Crippen LogP contribution < -0.4 is 10.5 Å². The van der Waals surface area contributed by atoms with Gasteiger partial charge >= 0.3 is 0 Å². The normalized spacial score (nSPS) is 19.4.